The van der Waals surface area contributed by atoms with E-state index < -0.39 is 0 Å². The molecule has 0 spiro atoms. The van der Waals surface area contributed by atoms with Crippen LogP contribution < -0.4 is 5.32 Å². The van der Waals surface area contributed by atoms with Crippen LogP contribution in [0.2, 0.25) is 15.1 Å². The highest BCUT2D eigenvalue weighted by Crippen LogP contribution is 2.34. The number of amides is 1. The number of thioether (sulfide) groups is 1. The van der Waals surface area contributed by atoms with Crippen LogP contribution in [0.5, 0.6) is 0 Å². The van der Waals surface area contributed by atoms with E-state index in [2.05, 4.69) is 16.4 Å². The molecule has 24 heavy (non-hydrogen) atoms. The number of pyridine rings is 1. The lowest BCUT2D eigenvalue weighted by molar-refractivity contribution is -0.113. The Morgan fingerprint density at radius 1 is 1.25 bits per heavy atom. The molecule has 1 heterocycles. The second-order valence-electron chi connectivity index (χ2n) is 4.95. The van der Waals surface area contributed by atoms with E-state index in [1.165, 1.54) is 23.9 Å². The fourth-order valence-corrected chi connectivity index (χ4v) is 3.82. The van der Waals surface area contributed by atoms with Crippen LogP contribution in [0, 0.1) is 25.2 Å². The van der Waals surface area contributed by atoms with Crippen molar-refractivity contribution >= 4 is 58.2 Å². The average Bonchev–Trinajstić information content (AvgIpc) is 2.48. The zero-order chi connectivity index (χ0) is 17.9. The van der Waals surface area contributed by atoms with Crippen molar-refractivity contribution in [3.05, 3.63) is 50.1 Å². The molecular weight excluding hydrogens is 389 g/mol. The number of nitrogens with one attached hydrogen (secondary N) is 1. The molecule has 0 fully saturated rings. The lowest BCUT2D eigenvalue weighted by atomic mass is 10.1. The Morgan fingerprint density at radius 2 is 1.88 bits per heavy atom. The molecule has 0 saturated heterocycles. The fraction of sp³-hybridized carbons (Fsp3) is 0.188. The van der Waals surface area contributed by atoms with Gasteiger partial charge in [0.25, 0.3) is 0 Å². The molecule has 1 amide bonds. The summed E-state index contributed by atoms with van der Waals surface area (Å²) in [6.07, 6.45) is 0. The van der Waals surface area contributed by atoms with Crippen molar-refractivity contribution in [1.82, 2.24) is 4.98 Å². The predicted octanol–water partition coefficient (Wildman–Crippen LogP) is 5.26. The summed E-state index contributed by atoms with van der Waals surface area (Å²) in [7, 11) is 0. The third-order valence-electron chi connectivity index (χ3n) is 3.03. The third kappa shape index (κ3) is 4.55. The molecule has 1 N–H and O–H groups in total. The third-order valence-corrected chi connectivity index (χ3v) is 4.82. The molecule has 0 atom stereocenters. The minimum absolute atomic E-state index is 0.0693. The Kier molecular flexibility index (Phi) is 6.36. The van der Waals surface area contributed by atoms with Gasteiger partial charge in [-0.2, -0.15) is 5.26 Å². The van der Waals surface area contributed by atoms with Crippen molar-refractivity contribution in [1.29, 1.82) is 5.26 Å². The molecule has 0 radical (unpaired) electrons. The first-order chi connectivity index (χ1) is 11.3. The quantitative estimate of drug-likeness (QED) is 0.711. The van der Waals surface area contributed by atoms with Gasteiger partial charge >= 0.3 is 0 Å². The van der Waals surface area contributed by atoms with Crippen LogP contribution in [-0.2, 0) is 4.79 Å². The van der Waals surface area contributed by atoms with Crippen molar-refractivity contribution < 1.29 is 4.79 Å². The topological polar surface area (TPSA) is 65.8 Å². The minimum atomic E-state index is -0.309. The molecule has 1 aromatic carbocycles. The predicted molar refractivity (Wildman–Crippen MR) is 99.3 cm³/mol. The molecule has 2 rings (SSSR count). The normalized spacial score (nSPS) is 10.3. The van der Waals surface area contributed by atoms with Gasteiger partial charge < -0.3 is 5.32 Å². The van der Waals surface area contributed by atoms with Crippen molar-refractivity contribution in [3.63, 3.8) is 0 Å². The number of nitriles is 1. The summed E-state index contributed by atoms with van der Waals surface area (Å²) >= 11 is 19.1. The van der Waals surface area contributed by atoms with E-state index in [1.54, 1.807) is 0 Å². The van der Waals surface area contributed by atoms with Crippen LogP contribution in [-0.4, -0.2) is 16.6 Å². The van der Waals surface area contributed by atoms with Crippen LogP contribution in [0.4, 0.5) is 5.69 Å². The zero-order valence-electron chi connectivity index (χ0n) is 12.8. The first-order valence-electron chi connectivity index (χ1n) is 6.77. The Labute approximate surface area is 159 Å². The molecule has 0 unspecified atom stereocenters. The molecule has 0 aliphatic carbocycles. The molecule has 0 aliphatic heterocycles. The first kappa shape index (κ1) is 18.9. The minimum Gasteiger partial charge on any atom is -0.323 e. The number of hydrogen-bond donors (Lipinski definition) is 1. The average molecular weight is 401 g/mol. The summed E-state index contributed by atoms with van der Waals surface area (Å²) < 4.78 is 0. The lowest BCUT2D eigenvalue weighted by Gasteiger charge is -2.10. The number of rotatable bonds is 4. The number of anilines is 1. The Bertz CT molecular complexity index is 826. The number of halogens is 3. The standard InChI is InChI=1S/C16H12Cl3N3OS/c1-8-3-9(2)21-16(11(8)6-20)24-7-14(23)22-15-12(18)4-10(17)5-13(15)19/h3-5H,7H2,1-2H3,(H,22,23). The molecule has 4 nitrogen and oxygen atoms in total. The summed E-state index contributed by atoms with van der Waals surface area (Å²) in [6.45, 7) is 3.68. The number of carbonyl (C=O) groups is 1. The highest BCUT2D eigenvalue weighted by atomic mass is 35.5. The highest BCUT2D eigenvalue weighted by Gasteiger charge is 2.14. The zero-order valence-corrected chi connectivity index (χ0v) is 15.9. The van der Waals surface area contributed by atoms with Gasteiger partial charge in [-0.05, 0) is 37.6 Å². The molecule has 1 aromatic heterocycles. The second-order valence-corrected chi connectivity index (χ2v) is 7.17. The van der Waals surface area contributed by atoms with E-state index in [4.69, 9.17) is 34.8 Å². The molecule has 0 aliphatic rings. The van der Waals surface area contributed by atoms with Gasteiger partial charge in [0.2, 0.25) is 5.91 Å². The highest BCUT2D eigenvalue weighted by molar-refractivity contribution is 8.00. The van der Waals surface area contributed by atoms with Crippen LogP contribution in [0.3, 0.4) is 0 Å². The summed E-state index contributed by atoms with van der Waals surface area (Å²) in [6, 6.07) is 6.94. The summed E-state index contributed by atoms with van der Waals surface area (Å²) in [4.78, 5) is 16.5. The smallest absolute Gasteiger partial charge is 0.234 e. The van der Waals surface area contributed by atoms with Gasteiger partial charge in [0.15, 0.2) is 0 Å². The molecule has 2 aromatic rings. The van der Waals surface area contributed by atoms with Gasteiger partial charge in [-0.1, -0.05) is 46.6 Å². The first-order valence-corrected chi connectivity index (χ1v) is 8.89. The van der Waals surface area contributed by atoms with Gasteiger partial charge in [0.1, 0.15) is 11.1 Å². The van der Waals surface area contributed by atoms with Crippen molar-refractivity contribution in [2.75, 3.05) is 11.1 Å². The van der Waals surface area contributed by atoms with Crippen LogP contribution in [0.1, 0.15) is 16.8 Å². The van der Waals surface area contributed by atoms with Gasteiger partial charge in [-0.3, -0.25) is 4.79 Å². The van der Waals surface area contributed by atoms with E-state index in [-0.39, 0.29) is 21.7 Å². The number of benzene rings is 1. The molecule has 0 saturated carbocycles. The van der Waals surface area contributed by atoms with E-state index >= 15 is 0 Å². The van der Waals surface area contributed by atoms with Crippen molar-refractivity contribution in [2.24, 2.45) is 0 Å². The fourth-order valence-electron chi connectivity index (χ4n) is 2.01. The van der Waals surface area contributed by atoms with Crippen molar-refractivity contribution in [3.8, 4) is 6.07 Å². The SMILES string of the molecule is Cc1cc(C)c(C#N)c(SCC(=O)Nc2c(Cl)cc(Cl)cc2Cl)n1. The number of aryl methyl sites for hydroxylation is 2. The van der Waals surface area contributed by atoms with E-state index in [0.717, 1.165) is 11.3 Å². The van der Waals surface area contributed by atoms with E-state index in [0.29, 0.717) is 21.3 Å². The lowest BCUT2D eigenvalue weighted by Crippen LogP contribution is -2.15. The molecule has 8 heteroatoms. The Morgan fingerprint density at radius 3 is 2.46 bits per heavy atom. The van der Waals surface area contributed by atoms with E-state index in [1.807, 2.05) is 19.9 Å². The molecular formula is C16H12Cl3N3OS. The maximum atomic E-state index is 12.2. The summed E-state index contributed by atoms with van der Waals surface area (Å²) in [5, 5.41) is 13.3. The number of aromatic nitrogens is 1. The van der Waals surface area contributed by atoms with Crippen LogP contribution in [0.15, 0.2) is 23.2 Å². The summed E-state index contributed by atoms with van der Waals surface area (Å²) in [5.41, 5.74) is 2.40. The Balaban J connectivity index is 2.12. The van der Waals surface area contributed by atoms with Gasteiger partial charge in [-0.15, -0.1) is 0 Å². The largest absolute Gasteiger partial charge is 0.323 e. The van der Waals surface area contributed by atoms with Gasteiger partial charge in [0.05, 0.1) is 27.0 Å². The number of carbonyl (C=O) groups excluding carboxylic acids is 1. The monoisotopic (exact) mass is 399 g/mol. The van der Waals surface area contributed by atoms with Crippen LogP contribution >= 0.6 is 46.6 Å². The summed E-state index contributed by atoms with van der Waals surface area (Å²) in [5.74, 6) is -0.240. The van der Waals surface area contributed by atoms with E-state index in [9.17, 15) is 10.1 Å². The van der Waals surface area contributed by atoms with Crippen molar-refractivity contribution in [2.45, 2.75) is 18.9 Å². The van der Waals surface area contributed by atoms with Crippen LogP contribution in [0.25, 0.3) is 0 Å². The Hall–Kier alpha value is -1.45. The molecule has 0 bridgehead atoms. The van der Waals surface area contributed by atoms with Gasteiger partial charge in [-0.25, -0.2) is 4.98 Å². The van der Waals surface area contributed by atoms with Gasteiger partial charge in [0, 0.05) is 10.7 Å². The maximum Gasteiger partial charge on any atom is 0.234 e. The second kappa shape index (κ2) is 8.09. The molecule has 124 valence electrons. The maximum absolute atomic E-state index is 12.2. The number of hydrogen-bond acceptors (Lipinski definition) is 4. The number of nitrogens with zero attached hydrogens (tertiary/aromatic N) is 2.